The molecule has 0 saturated carbocycles. The summed E-state index contributed by atoms with van der Waals surface area (Å²) in [6.07, 6.45) is 0. The third kappa shape index (κ3) is 4.34. The molecule has 2 aromatic rings. The summed E-state index contributed by atoms with van der Waals surface area (Å²) in [6, 6.07) is 8.52. The Bertz CT molecular complexity index is 629. The van der Waals surface area contributed by atoms with Crippen LogP contribution in [0.1, 0.15) is 12.5 Å². The van der Waals surface area contributed by atoms with E-state index in [4.69, 9.17) is 16.3 Å². The Morgan fingerprint density at radius 2 is 1.86 bits per heavy atom. The maximum Gasteiger partial charge on any atom is 0.147 e. The third-order valence-electron chi connectivity index (χ3n) is 2.76. The fourth-order valence-electron chi connectivity index (χ4n) is 1.81. The maximum atomic E-state index is 13.1. The molecule has 0 radical (unpaired) electrons. The molecule has 0 unspecified atom stereocenters. The van der Waals surface area contributed by atoms with E-state index in [0.29, 0.717) is 13.2 Å². The molecule has 0 saturated heterocycles. The van der Waals surface area contributed by atoms with Crippen molar-refractivity contribution in [2.24, 2.45) is 0 Å². The van der Waals surface area contributed by atoms with E-state index in [1.165, 1.54) is 6.07 Å². The standard InChI is InChI=1S/C15H13Br2ClFNO/c1-2-21-15-11(16)5-9(6-12(15)17)8-20-10-3-4-14(19)13(18)7-10/h3-7,20H,2,8H2,1H3. The number of hydrogen-bond donors (Lipinski definition) is 1. The summed E-state index contributed by atoms with van der Waals surface area (Å²) in [7, 11) is 0. The molecule has 0 spiro atoms. The lowest BCUT2D eigenvalue weighted by Crippen LogP contribution is -2.01. The first-order valence-electron chi connectivity index (χ1n) is 6.31. The van der Waals surface area contributed by atoms with Crippen LogP contribution >= 0.6 is 43.5 Å². The zero-order chi connectivity index (χ0) is 15.4. The molecule has 1 N–H and O–H groups in total. The minimum absolute atomic E-state index is 0.106. The van der Waals surface area contributed by atoms with E-state index in [1.54, 1.807) is 12.1 Å². The molecule has 0 aromatic heterocycles. The highest BCUT2D eigenvalue weighted by Crippen LogP contribution is 2.35. The van der Waals surface area contributed by atoms with Gasteiger partial charge in [-0.1, -0.05) is 11.6 Å². The van der Waals surface area contributed by atoms with Gasteiger partial charge in [-0.25, -0.2) is 4.39 Å². The zero-order valence-corrected chi connectivity index (χ0v) is 15.1. The van der Waals surface area contributed by atoms with Gasteiger partial charge in [0.1, 0.15) is 11.6 Å². The Labute approximate surface area is 144 Å². The van der Waals surface area contributed by atoms with Gasteiger partial charge in [-0.05, 0) is 74.7 Å². The van der Waals surface area contributed by atoms with Crippen molar-refractivity contribution in [3.8, 4) is 5.75 Å². The lowest BCUT2D eigenvalue weighted by Gasteiger charge is -2.12. The lowest BCUT2D eigenvalue weighted by molar-refractivity contribution is 0.336. The van der Waals surface area contributed by atoms with E-state index in [2.05, 4.69) is 37.2 Å². The molecule has 0 aliphatic carbocycles. The van der Waals surface area contributed by atoms with Crippen LogP contribution in [0, 0.1) is 5.82 Å². The van der Waals surface area contributed by atoms with Crippen LogP contribution < -0.4 is 10.1 Å². The SMILES string of the molecule is CCOc1c(Br)cc(CNc2ccc(F)c(Cl)c2)cc1Br. The molecule has 0 aliphatic rings. The third-order valence-corrected chi connectivity index (χ3v) is 4.23. The fraction of sp³-hybridized carbons (Fsp3) is 0.200. The predicted molar refractivity (Wildman–Crippen MR) is 91.7 cm³/mol. The van der Waals surface area contributed by atoms with E-state index < -0.39 is 5.82 Å². The number of benzene rings is 2. The number of anilines is 1. The van der Waals surface area contributed by atoms with Gasteiger partial charge in [0.2, 0.25) is 0 Å². The smallest absolute Gasteiger partial charge is 0.147 e. The minimum atomic E-state index is -0.422. The van der Waals surface area contributed by atoms with Crippen molar-refractivity contribution in [2.45, 2.75) is 13.5 Å². The monoisotopic (exact) mass is 435 g/mol. The van der Waals surface area contributed by atoms with Gasteiger partial charge in [0.15, 0.2) is 0 Å². The van der Waals surface area contributed by atoms with Crippen molar-refractivity contribution < 1.29 is 9.13 Å². The summed E-state index contributed by atoms with van der Waals surface area (Å²) < 4.78 is 20.4. The summed E-state index contributed by atoms with van der Waals surface area (Å²) in [4.78, 5) is 0. The average molecular weight is 438 g/mol. The Balaban J connectivity index is 2.11. The number of nitrogens with one attached hydrogen (secondary N) is 1. The highest BCUT2D eigenvalue weighted by molar-refractivity contribution is 9.11. The second kappa shape index (κ2) is 7.47. The Kier molecular flexibility index (Phi) is 5.90. The van der Waals surface area contributed by atoms with Crippen molar-refractivity contribution in [2.75, 3.05) is 11.9 Å². The van der Waals surface area contributed by atoms with Crippen LogP contribution in [-0.4, -0.2) is 6.61 Å². The quantitative estimate of drug-likeness (QED) is 0.618. The van der Waals surface area contributed by atoms with Crippen molar-refractivity contribution in [3.05, 3.63) is 55.7 Å². The number of hydrogen-bond acceptors (Lipinski definition) is 2. The molecule has 112 valence electrons. The average Bonchev–Trinajstić information content (AvgIpc) is 2.44. The summed E-state index contributed by atoms with van der Waals surface area (Å²) in [5.41, 5.74) is 1.82. The lowest BCUT2D eigenvalue weighted by atomic mass is 10.2. The Morgan fingerprint density at radius 1 is 1.19 bits per heavy atom. The zero-order valence-electron chi connectivity index (χ0n) is 11.2. The van der Waals surface area contributed by atoms with E-state index in [1.807, 2.05) is 19.1 Å². The first-order valence-corrected chi connectivity index (χ1v) is 8.27. The molecule has 6 heteroatoms. The van der Waals surface area contributed by atoms with Crippen molar-refractivity contribution in [3.63, 3.8) is 0 Å². The molecule has 0 heterocycles. The van der Waals surface area contributed by atoms with Crippen molar-refractivity contribution in [1.82, 2.24) is 0 Å². The second-order valence-electron chi connectivity index (χ2n) is 4.30. The van der Waals surface area contributed by atoms with Crippen LogP contribution in [0.25, 0.3) is 0 Å². The summed E-state index contributed by atoms with van der Waals surface area (Å²) in [5.74, 6) is 0.361. The molecule has 0 atom stereocenters. The van der Waals surface area contributed by atoms with Gasteiger partial charge in [0.05, 0.1) is 20.6 Å². The van der Waals surface area contributed by atoms with Crippen LogP contribution in [-0.2, 0) is 6.54 Å². The normalized spacial score (nSPS) is 10.5. The molecule has 0 aliphatic heterocycles. The van der Waals surface area contributed by atoms with E-state index in [-0.39, 0.29) is 5.02 Å². The molecule has 0 fully saturated rings. The van der Waals surface area contributed by atoms with Crippen LogP contribution in [0.15, 0.2) is 39.3 Å². The molecule has 2 nitrogen and oxygen atoms in total. The summed E-state index contributed by atoms with van der Waals surface area (Å²) in [6.45, 7) is 3.13. The Hall–Kier alpha value is -0.780. The second-order valence-corrected chi connectivity index (χ2v) is 6.42. The summed E-state index contributed by atoms with van der Waals surface area (Å²) >= 11 is 12.7. The van der Waals surface area contributed by atoms with E-state index >= 15 is 0 Å². The summed E-state index contributed by atoms with van der Waals surface area (Å²) in [5, 5.41) is 3.31. The molecule has 0 amide bonds. The number of ether oxygens (including phenoxy) is 1. The molecule has 21 heavy (non-hydrogen) atoms. The minimum Gasteiger partial charge on any atom is -0.492 e. The van der Waals surface area contributed by atoms with Crippen LogP contribution in [0.5, 0.6) is 5.75 Å². The van der Waals surface area contributed by atoms with Crippen molar-refractivity contribution >= 4 is 49.1 Å². The first kappa shape index (κ1) is 16.6. The largest absolute Gasteiger partial charge is 0.492 e. The van der Waals surface area contributed by atoms with Gasteiger partial charge in [-0.3, -0.25) is 0 Å². The van der Waals surface area contributed by atoms with Crippen LogP contribution in [0.3, 0.4) is 0 Å². The maximum absolute atomic E-state index is 13.1. The van der Waals surface area contributed by atoms with Gasteiger partial charge < -0.3 is 10.1 Å². The molecule has 0 bridgehead atoms. The Morgan fingerprint density at radius 3 is 2.43 bits per heavy atom. The number of halogens is 4. The topological polar surface area (TPSA) is 21.3 Å². The van der Waals surface area contributed by atoms with Gasteiger partial charge in [0, 0.05) is 12.2 Å². The molecule has 2 aromatic carbocycles. The van der Waals surface area contributed by atoms with E-state index in [0.717, 1.165) is 25.9 Å². The highest BCUT2D eigenvalue weighted by atomic mass is 79.9. The fourth-order valence-corrected chi connectivity index (χ4v) is 3.50. The molecule has 2 rings (SSSR count). The predicted octanol–water partition coefficient (Wildman–Crippen LogP) is 6.01. The molecular weight excluding hydrogens is 424 g/mol. The van der Waals surface area contributed by atoms with Gasteiger partial charge in [-0.2, -0.15) is 0 Å². The first-order chi connectivity index (χ1) is 10.0. The van der Waals surface area contributed by atoms with E-state index in [9.17, 15) is 4.39 Å². The van der Waals surface area contributed by atoms with Gasteiger partial charge in [-0.15, -0.1) is 0 Å². The van der Waals surface area contributed by atoms with Crippen molar-refractivity contribution in [1.29, 1.82) is 0 Å². The molecular formula is C15H13Br2ClFNO. The van der Waals surface area contributed by atoms with Crippen LogP contribution in [0.4, 0.5) is 10.1 Å². The van der Waals surface area contributed by atoms with Gasteiger partial charge in [0.25, 0.3) is 0 Å². The van der Waals surface area contributed by atoms with Crippen LogP contribution in [0.2, 0.25) is 5.02 Å². The highest BCUT2D eigenvalue weighted by Gasteiger charge is 2.09. The number of rotatable bonds is 5. The van der Waals surface area contributed by atoms with Gasteiger partial charge >= 0.3 is 0 Å².